The van der Waals surface area contributed by atoms with Gasteiger partial charge in [0.2, 0.25) is 0 Å². The van der Waals surface area contributed by atoms with Gasteiger partial charge in [-0.1, -0.05) is 17.7 Å². The van der Waals surface area contributed by atoms with E-state index in [1.54, 1.807) is 6.20 Å². The van der Waals surface area contributed by atoms with Crippen LogP contribution in [0.4, 0.5) is 0 Å². The van der Waals surface area contributed by atoms with Crippen LogP contribution in [0, 0.1) is 0 Å². The van der Waals surface area contributed by atoms with Gasteiger partial charge >= 0.3 is 0 Å². The largest absolute Gasteiger partial charge is 0.327 e. The van der Waals surface area contributed by atoms with Gasteiger partial charge in [0.1, 0.15) is 0 Å². The number of thiazole rings is 1. The zero-order valence-corrected chi connectivity index (χ0v) is 6.82. The summed E-state index contributed by atoms with van der Waals surface area (Å²) >= 11 is 7.02. The highest BCUT2D eigenvalue weighted by Crippen LogP contribution is 2.18. The molecule has 1 aromatic rings. The number of aromatic nitrogens is 1. The maximum Gasteiger partial charge on any atom is 0.184 e. The highest BCUT2D eigenvalue weighted by atomic mass is 35.5. The van der Waals surface area contributed by atoms with Crippen LogP contribution in [-0.2, 0) is 0 Å². The van der Waals surface area contributed by atoms with Gasteiger partial charge in [-0.3, -0.25) is 0 Å². The van der Waals surface area contributed by atoms with Gasteiger partial charge in [-0.2, -0.15) is 0 Å². The Morgan fingerprint density at radius 1 is 1.80 bits per heavy atom. The number of nitrogens with zero attached hydrogens (tertiary/aromatic N) is 1. The smallest absolute Gasteiger partial charge is 0.184 e. The number of rotatable bonds is 2. The molecule has 0 aliphatic carbocycles. The Morgan fingerprint density at radius 3 is 3.10 bits per heavy atom. The summed E-state index contributed by atoms with van der Waals surface area (Å²) in [6, 6.07) is 0. The number of hydrogen-bond donors (Lipinski definition) is 1. The van der Waals surface area contributed by atoms with E-state index in [1.165, 1.54) is 11.3 Å². The van der Waals surface area contributed by atoms with Crippen LogP contribution in [0.3, 0.4) is 0 Å². The molecule has 1 rings (SSSR count). The van der Waals surface area contributed by atoms with E-state index in [0.29, 0.717) is 11.0 Å². The van der Waals surface area contributed by atoms with E-state index in [2.05, 4.69) is 4.98 Å². The summed E-state index contributed by atoms with van der Waals surface area (Å²) in [4.78, 5) is 4.90. The number of halogens is 1. The maximum absolute atomic E-state index is 5.58. The maximum atomic E-state index is 5.58. The summed E-state index contributed by atoms with van der Waals surface area (Å²) in [7, 11) is 0. The minimum absolute atomic E-state index is 0.551. The lowest BCUT2D eigenvalue weighted by Crippen LogP contribution is -1.91. The highest BCUT2D eigenvalue weighted by molar-refractivity contribution is 7.16. The minimum Gasteiger partial charge on any atom is -0.327 e. The van der Waals surface area contributed by atoms with Crippen molar-refractivity contribution >= 4 is 29.0 Å². The monoisotopic (exact) mass is 174 g/mol. The molecule has 0 atom stereocenters. The van der Waals surface area contributed by atoms with Crippen molar-refractivity contribution in [2.24, 2.45) is 5.73 Å². The highest BCUT2D eigenvalue weighted by Gasteiger charge is 1.92. The molecule has 0 amide bonds. The summed E-state index contributed by atoms with van der Waals surface area (Å²) in [5.74, 6) is 0. The molecule has 1 aromatic heterocycles. The zero-order chi connectivity index (χ0) is 7.40. The van der Waals surface area contributed by atoms with Crippen LogP contribution in [-0.4, -0.2) is 11.5 Å². The van der Waals surface area contributed by atoms with Crippen molar-refractivity contribution in [3.05, 3.63) is 21.6 Å². The van der Waals surface area contributed by atoms with Gasteiger partial charge in [0.05, 0.1) is 0 Å². The third-order valence-electron chi connectivity index (χ3n) is 0.914. The Morgan fingerprint density at radius 2 is 2.60 bits per heavy atom. The molecule has 0 unspecified atom stereocenters. The summed E-state index contributed by atoms with van der Waals surface area (Å²) in [5, 5.41) is 0. The second-order valence-electron chi connectivity index (χ2n) is 1.65. The molecule has 2 N–H and O–H groups in total. The van der Waals surface area contributed by atoms with E-state index < -0.39 is 0 Å². The molecule has 10 heavy (non-hydrogen) atoms. The molecule has 0 saturated heterocycles. The van der Waals surface area contributed by atoms with Crippen LogP contribution in [0.1, 0.15) is 4.88 Å². The van der Waals surface area contributed by atoms with Gasteiger partial charge in [0.25, 0.3) is 0 Å². The average Bonchev–Trinajstić information content (AvgIpc) is 2.31. The lowest BCUT2D eigenvalue weighted by molar-refractivity contribution is 1.26. The summed E-state index contributed by atoms with van der Waals surface area (Å²) in [6.07, 6.45) is 5.49. The Balaban J connectivity index is 2.67. The van der Waals surface area contributed by atoms with Crippen molar-refractivity contribution in [1.82, 2.24) is 4.98 Å². The first-order valence-electron chi connectivity index (χ1n) is 2.81. The first-order chi connectivity index (χ1) is 4.83. The van der Waals surface area contributed by atoms with E-state index in [0.717, 1.165) is 4.88 Å². The predicted molar refractivity (Wildman–Crippen MR) is 45.2 cm³/mol. The molecular formula is C6H7ClN2S. The Labute approximate surface area is 68.3 Å². The lowest BCUT2D eigenvalue weighted by Gasteiger charge is -1.78. The fourth-order valence-electron chi connectivity index (χ4n) is 0.526. The topological polar surface area (TPSA) is 38.9 Å². The van der Waals surface area contributed by atoms with E-state index in [1.807, 2.05) is 12.2 Å². The fraction of sp³-hybridized carbons (Fsp3) is 0.167. The van der Waals surface area contributed by atoms with Crippen molar-refractivity contribution in [3.8, 4) is 0 Å². The van der Waals surface area contributed by atoms with Gasteiger partial charge in [-0.25, -0.2) is 4.98 Å². The second-order valence-corrected chi connectivity index (χ2v) is 3.30. The number of nitrogens with two attached hydrogens (primary N) is 1. The zero-order valence-electron chi connectivity index (χ0n) is 5.25. The molecule has 4 heteroatoms. The molecule has 0 aromatic carbocycles. The predicted octanol–water partition coefficient (Wildman–Crippen LogP) is 1.77. The molecule has 0 bridgehead atoms. The van der Waals surface area contributed by atoms with E-state index in [4.69, 9.17) is 17.3 Å². The summed E-state index contributed by atoms with van der Waals surface area (Å²) < 4.78 is 0.566. The first-order valence-corrected chi connectivity index (χ1v) is 4.00. The Bertz CT molecular complexity index is 231. The summed E-state index contributed by atoms with van der Waals surface area (Å²) in [5.41, 5.74) is 5.25. The van der Waals surface area contributed by atoms with Crippen LogP contribution < -0.4 is 5.73 Å². The van der Waals surface area contributed by atoms with Crippen LogP contribution in [0.25, 0.3) is 6.08 Å². The normalized spacial score (nSPS) is 11.0. The molecule has 1 heterocycles. The Kier molecular flexibility index (Phi) is 2.86. The molecule has 0 fully saturated rings. The van der Waals surface area contributed by atoms with Crippen molar-refractivity contribution < 1.29 is 0 Å². The molecule has 0 saturated carbocycles. The lowest BCUT2D eigenvalue weighted by atomic mass is 10.4. The quantitative estimate of drug-likeness (QED) is 0.742. The van der Waals surface area contributed by atoms with Gasteiger partial charge in [-0.15, -0.1) is 11.3 Å². The van der Waals surface area contributed by atoms with E-state index >= 15 is 0 Å². The van der Waals surface area contributed by atoms with Crippen molar-refractivity contribution in [2.45, 2.75) is 0 Å². The van der Waals surface area contributed by atoms with Gasteiger partial charge in [-0.05, 0) is 6.08 Å². The van der Waals surface area contributed by atoms with Gasteiger partial charge < -0.3 is 5.73 Å². The fourth-order valence-corrected chi connectivity index (χ4v) is 1.41. The molecule has 54 valence electrons. The van der Waals surface area contributed by atoms with Crippen molar-refractivity contribution in [3.63, 3.8) is 0 Å². The van der Waals surface area contributed by atoms with Gasteiger partial charge in [0.15, 0.2) is 4.47 Å². The van der Waals surface area contributed by atoms with Crippen molar-refractivity contribution in [2.75, 3.05) is 6.54 Å². The molecule has 0 radical (unpaired) electrons. The minimum atomic E-state index is 0.551. The van der Waals surface area contributed by atoms with Crippen molar-refractivity contribution in [1.29, 1.82) is 0 Å². The molecule has 2 nitrogen and oxygen atoms in total. The SMILES string of the molecule is NC/C=C/c1cnc(Cl)s1. The van der Waals surface area contributed by atoms with Crippen LogP contribution in [0.5, 0.6) is 0 Å². The van der Waals surface area contributed by atoms with Gasteiger partial charge in [0, 0.05) is 17.6 Å². The van der Waals surface area contributed by atoms with Crippen LogP contribution >= 0.6 is 22.9 Å². The summed E-state index contributed by atoms with van der Waals surface area (Å²) in [6.45, 7) is 0.551. The molecule has 0 aliphatic rings. The average molecular weight is 175 g/mol. The third kappa shape index (κ3) is 2.10. The molecule has 0 spiro atoms. The first kappa shape index (κ1) is 7.72. The molecule has 0 aliphatic heterocycles. The van der Waals surface area contributed by atoms with E-state index in [-0.39, 0.29) is 0 Å². The second kappa shape index (κ2) is 3.71. The van der Waals surface area contributed by atoms with E-state index in [9.17, 15) is 0 Å². The van der Waals surface area contributed by atoms with Crippen LogP contribution in [0.15, 0.2) is 12.3 Å². The number of hydrogen-bond acceptors (Lipinski definition) is 3. The third-order valence-corrected chi connectivity index (χ3v) is 1.99. The molecular weight excluding hydrogens is 168 g/mol. The van der Waals surface area contributed by atoms with Crippen LogP contribution in [0.2, 0.25) is 4.47 Å². The standard InChI is InChI=1S/C6H7ClN2S/c7-6-9-4-5(10-6)2-1-3-8/h1-2,4H,3,8H2/b2-1+. The Hall–Kier alpha value is -0.380.